The maximum absolute atomic E-state index is 11.1. The lowest BCUT2D eigenvalue weighted by atomic mass is 9.69. The summed E-state index contributed by atoms with van der Waals surface area (Å²) in [5.41, 5.74) is -1.04. The molecule has 0 spiro atoms. The molecule has 13 heavy (non-hydrogen) atoms. The van der Waals surface area contributed by atoms with Crippen LogP contribution in [0.3, 0.4) is 0 Å². The molecule has 0 unspecified atom stereocenters. The number of fused-ring (bicyclic) bond motifs is 2. The molecule has 0 heterocycles. The summed E-state index contributed by atoms with van der Waals surface area (Å²) < 4.78 is 0. The normalized spacial score (nSPS) is 46.7. The quantitative estimate of drug-likeness (QED) is 0.645. The first-order valence-electron chi connectivity index (χ1n) is 4.83. The highest BCUT2D eigenvalue weighted by Crippen LogP contribution is 2.62. The Kier molecular flexibility index (Phi) is 1.57. The first-order valence-corrected chi connectivity index (χ1v) is 4.83. The minimum Gasteiger partial charge on any atom is -0.481 e. The fourth-order valence-corrected chi connectivity index (χ4v) is 3.21. The maximum Gasteiger partial charge on any atom is 0.312 e. The third-order valence-electron chi connectivity index (χ3n) is 4.26. The van der Waals surface area contributed by atoms with E-state index in [1.165, 1.54) is 0 Å². The molecule has 0 aromatic heterocycles. The van der Waals surface area contributed by atoms with E-state index in [0.717, 1.165) is 6.42 Å². The van der Waals surface area contributed by atoms with E-state index in [9.17, 15) is 9.90 Å². The zero-order chi connectivity index (χ0) is 9.85. The second-order valence-corrected chi connectivity index (χ2v) is 5.12. The molecule has 2 rings (SSSR count). The molecule has 0 aromatic rings. The SMILES string of the molecule is CC1(C)[C@H]2CC[C@@](C(=O)O)(C2)[C@@H]1O. The van der Waals surface area contributed by atoms with Gasteiger partial charge < -0.3 is 10.2 Å². The van der Waals surface area contributed by atoms with Crippen molar-refractivity contribution in [2.75, 3.05) is 0 Å². The Morgan fingerprint density at radius 2 is 2.08 bits per heavy atom. The van der Waals surface area contributed by atoms with Crippen molar-refractivity contribution in [1.82, 2.24) is 0 Å². The average Bonchev–Trinajstić information content (AvgIpc) is 2.53. The van der Waals surface area contributed by atoms with Crippen molar-refractivity contribution >= 4 is 5.97 Å². The Balaban J connectivity index is 2.40. The van der Waals surface area contributed by atoms with Crippen LogP contribution >= 0.6 is 0 Å². The molecule has 2 aliphatic rings. The molecule has 3 heteroatoms. The van der Waals surface area contributed by atoms with Crippen LogP contribution in [0.15, 0.2) is 0 Å². The smallest absolute Gasteiger partial charge is 0.312 e. The van der Waals surface area contributed by atoms with Gasteiger partial charge in [-0.05, 0) is 30.6 Å². The van der Waals surface area contributed by atoms with Crippen LogP contribution in [-0.2, 0) is 4.79 Å². The van der Waals surface area contributed by atoms with Gasteiger partial charge >= 0.3 is 5.97 Å². The van der Waals surface area contributed by atoms with Crippen LogP contribution in [0, 0.1) is 16.7 Å². The van der Waals surface area contributed by atoms with E-state index >= 15 is 0 Å². The number of carboxylic acids is 1. The molecule has 0 amide bonds. The summed E-state index contributed by atoms with van der Waals surface area (Å²) in [6, 6.07) is 0. The highest BCUT2D eigenvalue weighted by atomic mass is 16.4. The number of hydrogen-bond acceptors (Lipinski definition) is 2. The van der Waals surface area contributed by atoms with Gasteiger partial charge in [0.1, 0.15) is 0 Å². The van der Waals surface area contributed by atoms with Crippen molar-refractivity contribution in [2.24, 2.45) is 16.7 Å². The summed E-state index contributed by atoms with van der Waals surface area (Å²) in [6.45, 7) is 3.96. The van der Waals surface area contributed by atoms with Gasteiger partial charge in [0.2, 0.25) is 0 Å². The average molecular weight is 184 g/mol. The second kappa shape index (κ2) is 2.27. The summed E-state index contributed by atoms with van der Waals surface area (Å²) in [6.07, 6.45) is 1.60. The van der Waals surface area contributed by atoms with Gasteiger partial charge in [-0.3, -0.25) is 4.79 Å². The molecule has 3 atom stereocenters. The van der Waals surface area contributed by atoms with Crippen LogP contribution < -0.4 is 0 Å². The van der Waals surface area contributed by atoms with Gasteiger partial charge in [-0.15, -0.1) is 0 Å². The lowest BCUT2D eigenvalue weighted by molar-refractivity contribution is -0.159. The molecule has 2 saturated carbocycles. The molecular weight excluding hydrogens is 168 g/mol. The standard InChI is InChI=1S/C10H16O3/c1-9(2)6-3-4-10(5-6,7(9)11)8(12)13/h6-7,11H,3-5H2,1-2H3,(H,12,13)/t6-,7+,10+/m0/s1. The third-order valence-corrected chi connectivity index (χ3v) is 4.26. The maximum atomic E-state index is 11.1. The minimum atomic E-state index is -0.825. The minimum absolute atomic E-state index is 0.212. The Hall–Kier alpha value is -0.570. The van der Waals surface area contributed by atoms with Gasteiger partial charge in [0.05, 0.1) is 11.5 Å². The number of rotatable bonds is 1. The third kappa shape index (κ3) is 0.857. The number of aliphatic hydroxyl groups is 1. The fourth-order valence-electron chi connectivity index (χ4n) is 3.21. The largest absolute Gasteiger partial charge is 0.481 e. The molecule has 3 nitrogen and oxygen atoms in total. The van der Waals surface area contributed by atoms with Crippen molar-refractivity contribution in [3.8, 4) is 0 Å². The Morgan fingerprint density at radius 3 is 2.38 bits per heavy atom. The first kappa shape index (κ1) is 9.00. The predicted octanol–water partition coefficient (Wildman–Crippen LogP) is 1.26. The van der Waals surface area contributed by atoms with E-state index < -0.39 is 17.5 Å². The van der Waals surface area contributed by atoms with Crippen molar-refractivity contribution < 1.29 is 15.0 Å². The van der Waals surface area contributed by atoms with Crippen LogP contribution in [0.5, 0.6) is 0 Å². The van der Waals surface area contributed by atoms with Crippen LogP contribution in [0.25, 0.3) is 0 Å². The zero-order valence-corrected chi connectivity index (χ0v) is 8.08. The number of hydrogen-bond donors (Lipinski definition) is 2. The van der Waals surface area contributed by atoms with Crippen LogP contribution in [0.1, 0.15) is 33.1 Å². The molecule has 74 valence electrons. The predicted molar refractivity (Wildman–Crippen MR) is 47.2 cm³/mol. The molecule has 2 bridgehead atoms. The monoisotopic (exact) mass is 184 g/mol. The Labute approximate surface area is 77.8 Å². The first-order chi connectivity index (χ1) is 5.91. The van der Waals surface area contributed by atoms with Crippen LogP contribution in [0.2, 0.25) is 0 Å². The van der Waals surface area contributed by atoms with Crippen molar-refractivity contribution in [3.63, 3.8) is 0 Å². The van der Waals surface area contributed by atoms with Gasteiger partial charge in [0, 0.05) is 0 Å². The molecule has 2 N–H and O–H groups in total. The van der Waals surface area contributed by atoms with Crippen molar-refractivity contribution in [1.29, 1.82) is 0 Å². The molecule has 0 radical (unpaired) electrons. The highest BCUT2D eigenvalue weighted by Gasteiger charge is 2.65. The summed E-state index contributed by atoms with van der Waals surface area (Å²) in [5, 5.41) is 19.1. The number of carbonyl (C=O) groups is 1. The van der Waals surface area contributed by atoms with E-state index in [-0.39, 0.29) is 5.41 Å². The Morgan fingerprint density at radius 1 is 1.46 bits per heavy atom. The molecule has 0 aliphatic heterocycles. The topological polar surface area (TPSA) is 57.5 Å². The summed E-state index contributed by atoms with van der Waals surface area (Å²) >= 11 is 0. The van der Waals surface area contributed by atoms with E-state index in [1.54, 1.807) is 0 Å². The molecule has 0 saturated heterocycles. The van der Waals surface area contributed by atoms with Gasteiger partial charge in [-0.25, -0.2) is 0 Å². The van der Waals surface area contributed by atoms with Crippen molar-refractivity contribution in [2.45, 2.75) is 39.2 Å². The zero-order valence-electron chi connectivity index (χ0n) is 8.08. The van der Waals surface area contributed by atoms with Gasteiger partial charge in [0.15, 0.2) is 0 Å². The van der Waals surface area contributed by atoms with E-state index in [0.29, 0.717) is 18.8 Å². The highest BCUT2D eigenvalue weighted by molar-refractivity contribution is 5.77. The van der Waals surface area contributed by atoms with E-state index in [2.05, 4.69) is 0 Å². The lowest BCUT2D eigenvalue weighted by Crippen LogP contribution is -2.45. The molecule has 2 aliphatic carbocycles. The van der Waals surface area contributed by atoms with Crippen molar-refractivity contribution in [3.05, 3.63) is 0 Å². The number of aliphatic hydroxyl groups excluding tert-OH is 1. The fraction of sp³-hybridized carbons (Fsp3) is 0.900. The van der Waals surface area contributed by atoms with Gasteiger partial charge in [-0.2, -0.15) is 0 Å². The van der Waals surface area contributed by atoms with E-state index in [1.807, 2.05) is 13.8 Å². The lowest BCUT2D eigenvalue weighted by Gasteiger charge is -2.38. The number of carboxylic acid groups (broad SMARTS) is 1. The van der Waals surface area contributed by atoms with Gasteiger partial charge in [-0.1, -0.05) is 13.8 Å². The number of aliphatic carboxylic acids is 1. The molecular formula is C10H16O3. The summed E-state index contributed by atoms with van der Waals surface area (Å²) in [4.78, 5) is 11.1. The van der Waals surface area contributed by atoms with E-state index in [4.69, 9.17) is 5.11 Å². The van der Waals surface area contributed by atoms with Crippen LogP contribution in [0.4, 0.5) is 0 Å². The molecule has 2 fully saturated rings. The summed E-state index contributed by atoms with van der Waals surface area (Å²) in [5.74, 6) is -0.424. The molecule has 0 aromatic carbocycles. The second-order valence-electron chi connectivity index (χ2n) is 5.12. The summed E-state index contributed by atoms with van der Waals surface area (Å²) in [7, 11) is 0. The van der Waals surface area contributed by atoms with Crippen LogP contribution in [-0.4, -0.2) is 22.3 Å². The Bertz CT molecular complexity index is 259. The van der Waals surface area contributed by atoms with Gasteiger partial charge in [0.25, 0.3) is 0 Å².